The van der Waals surface area contributed by atoms with Gasteiger partial charge >= 0.3 is 6.18 Å². The Morgan fingerprint density at radius 2 is 2.00 bits per heavy atom. The van der Waals surface area contributed by atoms with Gasteiger partial charge in [0.15, 0.2) is 0 Å². The number of hydrogen-bond acceptors (Lipinski definition) is 6. The molecule has 0 radical (unpaired) electrons. The van der Waals surface area contributed by atoms with Gasteiger partial charge in [0.1, 0.15) is 23.4 Å². The Bertz CT molecular complexity index is 1440. The highest BCUT2D eigenvalue weighted by Gasteiger charge is 2.40. The molecule has 1 aliphatic carbocycles. The van der Waals surface area contributed by atoms with Crippen LogP contribution in [-0.4, -0.2) is 46.8 Å². The summed E-state index contributed by atoms with van der Waals surface area (Å²) in [6.45, 7) is 2.64. The van der Waals surface area contributed by atoms with Crippen LogP contribution in [0.15, 0.2) is 42.9 Å². The van der Waals surface area contributed by atoms with Gasteiger partial charge in [-0.3, -0.25) is 4.79 Å². The number of alkyl halides is 3. The van der Waals surface area contributed by atoms with Gasteiger partial charge in [0.25, 0.3) is 5.91 Å². The molecule has 1 amide bonds. The van der Waals surface area contributed by atoms with Crippen LogP contribution in [-0.2, 0) is 0 Å². The summed E-state index contributed by atoms with van der Waals surface area (Å²) in [5.41, 5.74) is 1.95. The molecule has 1 aromatic carbocycles. The van der Waals surface area contributed by atoms with Crippen molar-refractivity contribution in [3.8, 4) is 17.2 Å². The van der Waals surface area contributed by atoms with Crippen molar-refractivity contribution in [2.24, 2.45) is 0 Å². The summed E-state index contributed by atoms with van der Waals surface area (Å²) in [4.78, 5) is 21.5. The number of hydrogen-bond donors (Lipinski definition) is 1. The van der Waals surface area contributed by atoms with E-state index in [4.69, 9.17) is 0 Å². The molecule has 3 aromatic heterocycles. The van der Waals surface area contributed by atoms with Crippen molar-refractivity contribution in [1.29, 1.82) is 0 Å². The number of carbonyl (C=O) groups excluding carboxylic acids is 1. The lowest BCUT2D eigenvalue weighted by atomic mass is 10.1. The van der Waals surface area contributed by atoms with Crippen molar-refractivity contribution in [3.05, 3.63) is 65.5 Å². The van der Waals surface area contributed by atoms with Gasteiger partial charge in [0.2, 0.25) is 5.82 Å². The topological polar surface area (TPSA) is 103 Å². The fourth-order valence-electron chi connectivity index (χ4n) is 3.75. The van der Waals surface area contributed by atoms with E-state index in [9.17, 15) is 22.4 Å². The molecule has 186 valence electrons. The van der Waals surface area contributed by atoms with Gasteiger partial charge in [-0.05, 0) is 66.9 Å². The molecule has 1 saturated carbocycles. The summed E-state index contributed by atoms with van der Waals surface area (Å²) in [6.07, 6.45) is 1.09. The highest BCUT2D eigenvalue weighted by atomic mass is 19.4. The van der Waals surface area contributed by atoms with Crippen LogP contribution in [0.4, 0.5) is 23.4 Å². The maximum Gasteiger partial charge on any atom is 0.410 e. The van der Waals surface area contributed by atoms with E-state index in [1.807, 2.05) is 6.20 Å². The van der Waals surface area contributed by atoms with E-state index in [-0.39, 0.29) is 22.9 Å². The lowest BCUT2D eigenvalue weighted by molar-refractivity contribution is -0.165. The molecule has 1 N–H and O–H groups in total. The molecule has 9 nitrogen and oxygen atoms in total. The second-order valence-electron chi connectivity index (χ2n) is 8.63. The standard InChI is InChI=1S/C23H20F4N8O/c1-12-8-16(24)15(9-19(12)34-10-18(28-11-34)14-6-7-14)22(36)30-20-5-3-4-17(29-20)21-31-32-33-35(21)13(2)23(25,26)27/h3-5,8-11,13-14H,6-7H2,1-2H3,(H,29,30,36). The van der Waals surface area contributed by atoms with Gasteiger partial charge in [-0.2, -0.15) is 13.2 Å². The molecule has 5 rings (SSSR count). The first-order chi connectivity index (χ1) is 17.1. The van der Waals surface area contributed by atoms with Gasteiger partial charge in [0.05, 0.1) is 23.3 Å². The first-order valence-corrected chi connectivity index (χ1v) is 11.1. The monoisotopic (exact) mass is 500 g/mol. The first-order valence-electron chi connectivity index (χ1n) is 11.1. The number of aromatic nitrogens is 7. The smallest absolute Gasteiger partial charge is 0.306 e. The molecule has 1 aliphatic rings. The average molecular weight is 500 g/mol. The Kier molecular flexibility index (Phi) is 5.77. The molecular formula is C23H20F4N8O. The number of imidazole rings is 1. The number of benzene rings is 1. The fourth-order valence-corrected chi connectivity index (χ4v) is 3.75. The fraction of sp³-hybridized carbons (Fsp3) is 0.304. The quantitative estimate of drug-likeness (QED) is 0.388. The van der Waals surface area contributed by atoms with Crippen molar-refractivity contribution in [2.75, 3.05) is 5.32 Å². The van der Waals surface area contributed by atoms with E-state index in [2.05, 4.69) is 30.8 Å². The van der Waals surface area contributed by atoms with E-state index in [0.717, 1.165) is 25.5 Å². The van der Waals surface area contributed by atoms with Crippen molar-refractivity contribution in [3.63, 3.8) is 0 Å². The molecule has 1 fully saturated rings. The Hall–Kier alpha value is -4.16. The van der Waals surface area contributed by atoms with Crippen LogP contribution in [0.25, 0.3) is 17.2 Å². The van der Waals surface area contributed by atoms with Crippen LogP contribution in [0.3, 0.4) is 0 Å². The Morgan fingerprint density at radius 1 is 1.22 bits per heavy atom. The third-order valence-electron chi connectivity index (χ3n) is 5.96. The average Bonchev–Trinajstić information content (AvgIpc) is 3.35. The van der Waals surface area contributed by atoms with E-state index >= 15 is 0 Å². The lowest BCUT2D eigenvalue weighted by Crippen LogP contribution is -2.25. The number of nitrogens with one attached hydrogen (secondary N) is 1. The summed E-state index contributed by atoms with van der Waals surface area (Å²) in [5, 5.41) is 12.9. The van der Waals surface area contributed by atoms with Crippen molar-refractivity contribution < 1.29 is 22.4 Å². The molecule has 36 heavy (non-hydrogen) atoms. The number of amides is 1. The van der Waals surface area contributed by atoms with E-state index in [1.54, 1.807) is 17.8 Å². The highest BCUT2D eigenvalue weighted by Crippen LogP contribution is 2.39. The van der Waals surface area contributed by atoms with Gasteiger partial charge in [-0.25, -0.2) is 19.0 Å². The number of anilines is 1. The van der Waals surface area contributed by atoms with E-state index in [0.29, 0.717) is 21.9 Å². The molecule has 0 bridgehead atoms. The number of rotatable bonds is 6. The third-order valence-corrected chi connectivity index (χ3v) is 5.96. The molecule has 1 unspecified atom stereocenters. The van der Waals surface area contributed by atoms with E-state index in [1.165, 1.54) is 30.3 Å². The van der Waals surface area contributed by atoms with Crippen molar-refractivity contribution in [2.45, 2.75) is 44.8 Å². The number of aryl methyl sites for hydroxylation is 1. The number of halogens is 4. The predicted octanol–water partition coefficient (Wildman–Crippen LogP) is 4.62. The number of nitrogens with zero attached hydrogens (tertiary/aromatic N) is 7. The van der Waals surface area contributed by atoms with Gasteiger partial charge in [-0.1, -0.05) is 6.07 Å². The van der Waals surface area contributed by atoms with E-state index < -0.39 is 23.9 Å². The summed E-state index contributed by atoms with van der Waals surface area (Å²) in [6, 6.07) is 4.99. The zero-order valence-electron chi connectivity index (χ0n) is 19.2. The molecule has 13 heteroatoms. The second-order valence-corrected chi connectivity index (χ2v) is 8.63. The second kappa shape index (κ2) is 8.81. The minimum Gasteiger partial charge on any atom is -0.306 e. The predicted molar refractivity (Wildman–Crippen MR) is 120 cm³/mol. The number of tetrazole rings is 1. The SMILES string of the molecule is Cc1cc(F)c(C(=O)Nc2cccc(-c3nnnn3C(C)C(F)(F)F)n2)cc1-n1cnc(C2CC2)c1. The Balaban J connectivity index is 1.41. The summed E-state index contributed by atoms with van der Waals surface area (Å²) in [5.74, 6) is -1.30. The normalized spacial score (nSPS) is 14.6. The Morgan fingerprint density at radius 3 is 2.72 bits per heavy atom. The molecule has 0 spiro atoms. The largest absolute Gasteiger partial charge is 0.410 e. The zero-order chi connectivity index (χ0) is 25.6. The highest BCUT2D eigenvalue weighted by molar-refractivity contribution is 6.04. The Labute approximate surface area is 202 Å². The number of carbonyl (C=O) groups is 1. The summed E-state index contributed by atoms with van der Waals surface area (Å²) < 4.78 is 56.6. The van der Waals surface area contributed by atoms with Gasteiger partial charge in [-0.15, -0.1) is 5.10 Å². The minimum absolute atomic E-state index is 0.00462. The van der Waals surface area contributed by atoms with Gasteiger partial charge < -0.3 is 9.88 Å². The molecule has 0 saturated heterocycles. The molecule has 1 atom stereocenters. The van der Waals surface area contributed by atoms with Crippen LogP contribution in [0, 0.1) is 12.7 Å². The molecular weight excluding hydrogens is 480 g/mol. The summed E-state index contributed by atoms with van der Waals surface area (Å²) in [7, 11) is 0. The lowest BCUT2D eigenvalue weighted by Gasteiger charge is -2.16. The van der Waals surface area contributed by atoms with Crippen molar-refractivity contribution >= 4 is 11.7 Å². The van der Waals surface area contributed by atoms with Crippen LogP contribution in [0.1, 0.15) is 53.3 Å². The summed E-state index contributed by atoms with van der Waals surface area (Å²) >= 11 is 0. The third kappa shape index (κ3) is 4.55. The van der Waals surface area contributed by atoms with Crippen LogP contribution < -0.4 is 5.32 Å². The minimum atomic E-state index is -4.58. The zero-order valence-corrected chi connectivity index (χ0v) is 19.2. The van der Waals surface area contributed by atoms with Gasteiger partial charge in [0, 0.05) is 12.1 Å². The van der Waals surface area contributed by atoms with Crippen molar-refractivity contribution in [1.82, 2.24) is 34.7 Å². The number of pyridine rings is 1. The molecule has 0 aliphatic heterocycles. The maximum absolute atomic E-state index is 14.8. The molecule has 4 aromatic rings. The van der Waals surface area contributed by atoms with Crippen LogP contribution >= 0.6 is 0 Å². The first kappa shape index (κ1) is 23.6. The maximum atomic E-state index is 14.8. The van der Waals surface area contributed by atoms with Crippen LogP contribution in [0.5, 0.6) is 0 Å². The van der Waals surface area contributed by atoms with Crippen LogP contribution in [0.2, 0.25) is 0 Å². The molecule has 3 heterocycles.